The second-order valence-corrected chi connectivity index (χ2v) is 9.84. The molecule has 2 aromatic rings. The molecule has 0 radical (unpaired) electrons. The van der Waals surface area contributed by atoms with Gasteiger partial charge in [0.2, 0.25) is 17.7 Å². The Balaban J connectivity index is 1.65. The van der Waals surface area contributed by atoms with Crippen LogP contribution in [0.25, 0.3) is 11.4 Å². The smallest absolute Gasteiger partial charge is 0.229 e. The van der Waals surface area contributed by atoms with Crippen LogP contribution in [0.4, 0.5) is 5.69 Å². The number of hydrogen-bond acceptors (Lipinski definition) is 6. The molecule has 0 unspecified atom stereocenters. The fourth-order valence-corrected chi connectivity index (χ4v) is 4.17. The number of amides is 3. The maximum atomic E-state index is 13.3. The van der Waals surface area contributed by atoms with Gasteiger partial charge in [-0.25, -0.2) is 0 Å². The fourth-order valence-electron chi connectivity index (χ4n) is 4.17. The third-order valence-corrected chi connectivity index (χ3v) is 5.80. The van der Waals surface area contributed by atoms with Crippen LogP contribution in [0.1, 0.15) is 63.1 Å². The van der Waals surface area contributed by atoms with Gasteiger partial charge >= 0.3 is 0 Å². The second-order valence-electron chi connectivity index (χ2n) is 9.84. The Hall–Kier alpha value is -3.85. The first-order valence-corrected chi connectivity index (χ1v) is 12.1. The minimum atomic E-state index is -0.298. The van der Waals surface area contributed by atoms with Gasteiger partial charge in [-0.3, -0.25) is 20.2 Å². The Morgan fingerprint density at radius 2 is 1.56 bits per heavy atom. The summed E-state index contributed by atoms with van der Waals surface area (Å²) in [5.41, 5.74) is 13.1. The fraction of sp³-hybridized carbons (Fsp3) is 0.370. The molecular formula is C27H36N6O3. The molecule has 3 amide bonds. The first kappa shape index (κ1) is 26.7. The number of hydrogen-bond donors (Lipinski definition) is 5. The van der Waals surface area contributed by atoms with Gasteiger partial charge in [0.15, 0.2) is 0 Å². The maximum absolute atomic E-state index is 13.3. The molecule has 7 N–H and O–H groups in total. The predicted molar refractivity (Wildman–Crippen MR) is 142 cm³/mol. The first-order chi connectivity index (χ1) is 17.1. The minimum Gasteiger partial charge on any atom is -0.396 e. The molecule has 1 heterocycles. The van der Waals surface area contributed by atoms with Crippen molar-refractivity contribution in [2.75, 3.05) is 11.4 Å². The number of nitrogens with zero attached hydrogens (tertiary/aromatic N) is 1. The van der Waals surface area contributed by atoms with E-state index in [0.717, 1.165) is 11.1 Å². The number of fused-ring (bicyclic) bond motifs is 2. The highest BCUT2D eigenvalue weighted by atomic mass is 16.2. The summed E-state index contributed by atoms with van der Waals surface area (Å²) in [5.74, 6) is 5.42. The van der Waals surface area contributed by atoms with Gasteiger partial charge in [0.05, 0.1) is 23.6 Å². The summed E-state index contributed by atoms with van der Waals surface area (Å²) in [4.78, 5) is 39.2. The minimum absolute atomic E-state index is 0.0807. The summed E-state index contributed by atoms with van der Waals surface area (Å²) in [6.45, 7) is 6.28. The number of carbonyl (C=O) groups is 3. The molecule has 0 fully saturated rings. The molecule has 3 rings (SSSR count). The molecule has 1 aliphatic heterocycles. The molecule has 0 atom stereocenters. The standard InChI is InChI=1S/C27H36N6O3/c1-27(2,3)31-23(35)14-8-13-22(34)30-16-15-24(36)33-17-18-9-4-5-10-19(18)26(32-29)25(28)20-11-6-7-12-21(20)33/h4-7,9-12,32H,8,13-17,28-29H2,1-3H3,(H,30,34)(H,31,35)/b26-25-. The Labute approximate surface area is 212 Å². The molecule has 0 bridgehead atoms. The van der Waals surface area contributed by atoms with Gasteiger partial charge in [-0.05, 0) is 38.8 Å². The summed E-state index contributed by atoms with van der Waals surface area (Å²) in [5, 5.41) is 5.67. The highest BCUT2D eigenvalue weighted by Gasteiger charge is 2.25. The van der Waals surface area contributed by atoms with Crippen LogP contribution in [0.15, 0.2) is 48.5 Å². The molecular weight excluding hydrogens is 456 g/mol. The summed E-state index contributed by atoms with van der Waals surface area (Å²) >= 11 is 0. The lowest BCUT2D eigenvalue weighted by Crippen LogP contribution is -2.40. The molecule has 0 aromatic heterocycles. The SMILES string of the molecule is CC(C)(C)NC(=O)CCCC(=O)NCCC(=O)N1Cc2ccccc2/C(NN)=C(/N)c2ccccc21. The molecule has 1 aliphatic rings. The molecule has 0 spiro atoms. The number of benzene rings is 2. The van der Waals surface area contributed by atoms with Gasteiger partial charge in [0, 0.05) is 42.5 Å². The van der Waals surface area contributed by atoms with Gasteiger partial charge in [-0.15, -0.1) is 0 Å². The number of rotatable bonds is 8. The van der Waals surface area contributed by atoms with Crippen LogP contribution in [0.5, 0.6) is 0 Å². The lowest BCUT2D eigenvalue weighted by molar-refractivity contribution is -0.123. The van der Waals surface area contributed by atoms with Crippen molar-refractivity contribution in [3.05, 3.63) is 65.2 Å². The van der Waals surface area contributed by atoms with Gasteiger partial charge < -0.3 is 26.7 Å². The number of carbonyl (C=O) groups excluding carboxylic acids is 3. The summed E-state index contributed by atoms with van der Waals surface area (Å²) in [6.07, 6.45) is 1.07. The van der Waals surface area contributed by atoms with Crippen molar-refractivity contribution in [2.45, 2.75) is 58.5 Å². The highest BCUT2D eigenvalue weighted by molar-refractivity contribution is 6.01. The topological polar surface area (TPSA) is 143 Å². The monoisotopic (exact) mass is 492 g/mol. The van der Waals surface area contributed by atoms with E-state index in [4.69, 9.17) is 11.6 Å². The zero-order valence-electron chi connectivity index (χ0n) is 21.2. The van der Waals surface area contributed by atoms with Crippen molar-refractivity contribution in [3.63, 3.8) is 0 Å². The van der Waals surface area contributed by atoms with E-state index in [1.165, 1.54) is 0 Å². The molecule has 36 heavy (non-hydrogen) atoms. The van der Waals surface area contributed by atoms with E-state index in [2.05, 4.69) is 16.1 Å². The van der Waals surface area contributed by atoms with Crippen molar-refractivity contribution >= 4 is 34.8 Å². The zero-order valence-corrected chi connectivity index (χ0v) is 21.2. The van der Waals surface area contributed by atoms with Crippen LogP contribution in [0.3, 0.4) is 0 Å². The molecule has 2 aromatic carbocycles. The molecule has 0 saturated heterocycles. The Bertz CT molecular complexity index is 1150. The summed E-state index contributed by atoms with van der Waals surface area (Å²) < 4.78 is 0. The summed E-state index contributed by atoms with van der Waals surface area (Å²) in [6, 6.07) is 15.1. The quantitative estimate of drug-likeness (QED) is 0.283. The van der Waals surface area contributed by atoms with Gasteiger partial charge in [-0.2, -0.15) is 0 Å². The normalized spacial score (nSPS) is 15.2. The number of nitrogens with two attached hydrogens (primary N) is 2. The van der Waals surface area contributed by atoms with Crippen LogP contribution in [0, 0.1) is 0 Å². The van der Waals surface area contributed by atoms with Crippen LogP contribution < -0.4 is 32.5 Å². The highest BCUT2D eigenvalue weighted by Crippen LogP contribution is 2.34. The Kier molecular flexibility index (Phi) is 8.71. The van der Waals surface area contributed by atoms with Crippen molar-refractivity contribution < 1.29 is 14.4 Å². The van der Waals surface area contributed by atoms with E-state index in [1.54, 1.807) is 4.90 Å². The predicted octanol–water partition coefficient (Wildman–Crippen LogP) is 2.37. The van der Waals surface area contributed by atoms with E-state index in [1.807, 2.05) is 69.3 Å². The van der Waals surface area contributed by atoms with E-state index >= 15 is 0 Å². The average Bonchev–Trinajstić information content (AvgIpc) is 2.81. The summed E-state index contributed by atoms with van der Waals surface area (Å²) in [7, 11) is 0. The third kappa shape index (κ3) is 6.85. The van der Waals surface area contributed by atoms with E-state index in [-0.39, 0.29) is 49.1 Å². The van der Waals surface area contributed by atoms with E-state index in [9.17, 15) is 14.4 Å². The van der Waals surface area contributed by atoms with Crippen molar-refractivity contribution in [1.29, 1.82) is 0 Å². The lowest BCUT2D eigenvalue weighted by Gasteiger charge is -2.30. The van der Waals surface area contributed by atoms with Gasteiger partial charge in [-0.1, -0.05) is 42.5 Å². The largest absolute Gasteiger partial charge is 0.396 e. The molecule has 9 nitrogen and oxygen atoms in total. The Morgan fingerprint density at radius 3 is 2.25 bits per heavy atom. The number of nitrogens with one attached hydrogen (secondary N) is 3. The van der Waals surface area contributed by atoms with Crippen molar-refractivity contribution in [1.82, 2.24) is 16.1 Å². The third-order valence-electron chi connectivity index (χ3n) is 5.80. The number of para-hydroxylation sites is 1. The second kappa shape index (κ2) is 11.7. The zero-order chi connectivity index (χ0) is 26.3. The van der Waals surface area contributed by atoms with E-state index in [0.29, 0.717) is 35.6 Å². The number of anilines is 1. The van der Waals surface area contributed by atoms with Gasteiger partial charge in [0.25, 0.3) is 0 Å². The molecule has 9 heteroatoms. The molecule has 192 valence electrons. The number of hydrazine groups is 1. The lowest BCUT2D eigenvalue weighted by atomic mass is 9.96. The van der Waals surface area contributed by atoms with Crippen LogP contribution >= 0.6 is 0 Å². The van der Waals surface area contributed by atoms with Crippen molar-refractivity contribution in [2.24, 2.45) is 11.6 Å². The van der Waals surface area contributed by atoms with Gasteiger partial charge in [0.1, 0.15) is 0 Å². The van der Waals surface area contributed by atoms with Crippen LogP contribution in [-0.4, -0.2) is 29.8 Å². The van der Waals surface area contributed by atoms with Crippen molar-refractivity contribution in [3.8, 4) is 0 Å². The van der Waals surface area contributed by atoms with Crippen LogP contribution in [0.2, 0.25) is 0 Å². The molecule has 0 aliphatic carbocycles. The maximum Gasteiger partial charge on any atom is 0.229 e. The van der Waals surface area contributed by atoms with E-state index < -0.39 is 0 Å². The van der Waals surface area contributed by atoms with Crippen LogP contribution in [-0.2, 0) is 20.9 Å². The Morgan fingerprint density at radius 1 is 0.917 bits per heavy atom. The average molecular weight is 493 g/mol. The molecule has 0 saturated carbocycles. The first-order valence-electron chi connectivity index (χ1n) is 12.1.